The van der Waals surface area contributed by atoms with Crippen molar-refractivity contribution in [1.29, 1.82) is 0 Å². The molecule has 2 rings (SSSR count). The van der Waals surface area contributed by atoms with Gasteiger partial charge in [0.25, 0.3) is 0 Å². The monoisotopic (exact) mass is 231 g/mol. The highest BCUT2D eigenvalue weighted by atomic mass is 16.4. The van der Waals surface area contributed by atoms with Crippen LogP contribution in [0, 0.1) is 5.41 Å². The predicted molar refractivity (Wildman–Crippen MR) is 67.4 cm³/mol. The molecule has 0 unspecified atom stereocenters. The normalized spacial score (nSPS) is 28.6. The lowest BCUT2D eigenvalue weighted by molar-refractivity contribution is -0.151. The fourth-order valence-corrected chi connectivity index (χ4v) is 2.44. The van der Waals surface area contributed by atoms with Crippen LogP contribution in [-0.2, 0) is 4.79 Å². The highest BCUT2D eigenvalue weighted by Crippen LogP contribution is 2.47. The maximum absolute atomic E-state index is 11.4. The molecule has 1 aromatic carbocycles. The summed E-state index contributed by atoms with van der Waals surface area (Å²) in [7, 11) is 0. The van der Waals surface area contributed by atoms with Crippen LogP contribution in [0.4, 0.5) is 0 Å². The second kappa shape index (κ2) is 4.34. The minimum Gasteiger partial charge on any atom is -0.481 e. The van der Waals surface area contributed by atoms with Crippen molar-refractivity contribution < 1.29 is 9.90 Å². The summed E-state index contributed by atoms with van der Waals surface area (Å²) in [4.78, 5) is 11.4. The van der Waals surface area contributed by atoms with Crippen molar-refractivity contribution in [3.63, 3.8) is 0 Å². The van der Waals surface area contributed by atoms with Gasteiger partial charge in [0, 0.05) is 6.04 Å². The Balaban J connectivity index is 2.27. The zero-order valence-electron chi connectivity index (χ0n) is 9.89. The molecule has 17 heavy (non-hydrogen) atoms. The van der Waals surface area contributed by atoms with Gasteiger partial charge in [0.2, 0.25) is 0 Å². The van der Waals surface area contributed by atoms with E-state index in [1.807, 2.05) is 43.3 Å². The lowest BCUT2D eigenvalue weighted by Gasteiger charge is -2.43. The van der Waals surface area contributed by atoms with Crippen molar-refractivity contribution in [2.24, 2.45) is 11.1 Å². The molecule has 1 fully saturated rings. The van der Waals surface area contributed by atoms with Crippen molar-refractivity contribution in [3.05, 3.63) is 41.5 Å². The van der Waals surface area contributed by atoms with E-state index >= 15 is 0 Å². The quantitative estimate of drug-likeness (QED) is 0.838. The molecule has 0 aromatic heterocycles. The number of carboxylic acid groups (broad SMARTS) is 1. The van der Waals surface area contributed by atoms with Crippen LogP contribution in [0.15, 0.2) is 35.9 Å². The van der Waals surface area contributed by atoms with Crippen LogP contribution in [0.3, 0.4) is 0 Å². The van der Waals surface area contributed by atoms with E-state index in [0.717, 1.165) is 11.1 Å². The molecule has 0 bridgehead atoms. The van der Waals surface area contributed by atoms with Gasteiger partial charge < -0.3 is 10.8 Å². The van der Waals surface area contributed by atoms with Crippen LogP contribution in [0.1, 0.15) is 25.3 Å². The third kappa shape index (κ3) is 2.11. The molecule has 1 aliphatic rings. The maximum Gasteiger partial charge on any atom is 0.313 e. The Morgan fingerprint density at radius 2 is 2.00 bits per heavy atom. The van der Waals surface area contributed by atoms with Gasteiger partial charge in [-0.25, -0.2) is 0 Å². The Labute approximate surface area is 101 Å². The van der Waals surface area contributed by atoms with Gasteiger partial charge in [0.1, 0.15) is 0 Å². The third-order valence-corrected chi connectivity index (χ3v) is 3.57. The highest BCUT2D eigenvalue weighted by Gasteiger charge is 2.50. The fourth-order valence-electron chi connectivity index (χ4n) is 2.44. The van der Waals surface area contributed by atoms with Gasteiger partial charge in [-0.1, -0.05) is 42.0 Å². The van der Waals surface area contributed by atoms with Crippen molar-refractivity contribution in [2.75, 3.05) is 0 Å². The Kier molecular flexibility index (Phi) is 3.03. The average molecular weight is 231 g/mol. The molecule has 3 heteroatoms. The van der Waals surface area contributed by atoms with Crippen LogP contribution in [0.25, 0.3) is 6.08 Å². The highest BCUT2D eigenvalue weighted by molar-refractivity contribution is 5.82. The maximum atomic E-state index is 11.4. The number of benzene rings is 1. The Hall–Kier alpha value is -1.61. The molecule has 0 saturated heterocycles. The summed E-state index contributed by atoms with van der Waals surface area (Å²) >= 11 is 0. The second-order valence-electron chi connectivity index (χ2n) is 4.79. The molecular weight excluding hydrogens is 214 g/mol. The van der Waals surface area contributed by atoms with E-state index in [9.17, 15) is 9.90 Å². The fraction of sp³-hybridized carbons (Fsp3) is 0.357. The van der Waals surface area contributed by atoms with Gasteiger partial charge >= 0.3 is 5.97 Å². The lowest BCUT2D eigenvalue weighted by Crippen LogP contribution is -2.51. The zero-order valence-corrected chi connectivity index (χ0v) is 9.89. The van der Waals surface area contributed by atoms with Crippen molar-refractivity contribution in [1.82, 2.24) is 0 Å². The first-order valence-electron chi connectivity index (χ1n) is 5.77. The standard InChI is InChI=1S/C14H17NO2/c1-10(7-11-5-3-2-4-6-11)14(13(16)17)8-12(15)9-14/h2-7,12H,8-9,15H2,1H3,(H,16,17)/b10-7+. The molecule has 1 aliphatic carbocycles. The summed E-state index contributed by atoms with van der Waals surface area (Å²) in [6, 6.07) is 9.79. The van der Waals surface area contributed by atoms with Crippen LogP contribution >= 0.6 is 0 Å². The minimum absolute atomic E-state index is 0.0187. The van der Waals surface area contributed by atoms with Gasteiger partial charge in [-0.2, -0.15) is 0 Å². The van der Waals surface area contributed by atoms with Crippen molar-refractivity contribution in [3.8, 4) is 0 Å². The van der Waals surface area contributed by atoms with E-state index in [-0.39, 0.29) is 6.04 Å². The van der Waals surface area contributed by atoms with Crippen LogP contribution in [-0.4, -0.2) is 17.1 Å². The van der Waals surface area contributed by atoms with E-state index in [1.165, 1.54) is 0 Å². The first kappa shape index (κ1) is 11.9. The predicted octanol–water partition coefficient (Wildman–Crippen LogP) is 2.28. The molecular formula is C14H17NO2. The molecule has 0 amide bonds. The third-order valence-electron chi connectivity index (χ3n) is 3.57. The number of carboxylic acids is 1. The molecule has 3 N–H and O–H groups in total. The van der Waals surface area contributed by atoms with Gasteiger partial charge in [0.15, 0.2) is 0 Å². The number of carbonyl (C=O) groups is 1. The smallest absolute Gasteiger partial charge is 0.313 e. The Morgan fingerprint density at radius 1 is 1.41 bits per heavy atom. The minimum atomic E-state index is -0.760. The summed E-state index contributed by atoms with van der Waals surface area (Å²) in [5.41, 5.74) is 6.91. The molecule has 0 radical (unpaired) electrons. The number of rotatable bonds is 3. The summed E-state index contributed by atoms with van der Waals surface area (Å²) in [5.74, 6) is -0.760. The Bertz CT molecular complexity index is 445. The number of hydrogen-bond acceptors (Lipinski definition) is 2. The van der Waals surface area contributed by atoms with Gasteiger partial charge in [-0.05, 0) is 25.3 Å². The van der Waals surface area contributed by atoms with Gasteiger partial charge in [0.05, 0.1) is 5.41 Å². The van der Waals surface area contributed by atoms with E-state index in [1.54, 1.807) is 0 Å². The van der Waals surface area contributed by atoms with Crippen molar-refractivity contribution in [2.45, 2.75) is 25.8 Å². The van der Waals surface area contributed by atoms with Crippen LogP contribution < -0.4 is 5.73 Å². The van der Waals surface area contributed by atoms with Crippen molar-refractivity contribution >= 4 is 12.0 Å². The van der Waals surface area contributed by atoms with E-state index < -0.39 is 11.4 Å². The van der Waals surface area contributed by atoms with Crippen LogP contribution in [0.5, 0.6) is 0 Å². The first-order valence-corrected chi connectivity index (χ1v) is 5.77. The molecule has 90 valence electrons. The molecule has 1 aromatic rings. The molecule has 1 saturated carbocycles. The topological polar surface area (TPSA) is 63.3 Å². The summed E-state index contributed by atoms with van der Waals surface area (Å²) in [6.45, 7) is 1.88. The molecule has 0 heterocycles. The number of nitrogens with two attached hydrogens (primary N) is 1. The average Bonchev–Trinajstić information content (AvgIpc) is 2.25. The summed E-state index contributed by atoms with van der Waals surface area (Å²) in [5, 5.41) is 9.35. The molecule has 3 nitrogen and oxygen atoms in total. The molecule has 0 aliphatic heterocycles. The summed E-state index contributed by atoms with van der Waals surface area (Å²) < 4.78 is 0. The molecule has 0 spiro atoms. The molecule has 0 atom stereocenters. The largest absolute Gasteiger partial charge is 0.481 e. The van der Waals surface area contributed by atoms with Crippen LogP contribution in [0.2, 0.25) is 0 Å². The van der Waals surface area contributed by atoms with Gasteiger partial charge in [-0.15, -0.1) is 0 Å². The Morgan fingerprint density at radius 3 is 2.47 bits per heavy atom. The SMILES string of the molecule is C/C(=C\c1ccccc1)C1(C(=O)O)CC(N)C1. The first-order chi connectivity index (χ1) is 8.04. The summed E-state index contributed by atoms with van der Waals surface area (Å²) in [6.07, 6.45) is 3.02. The van der Waals surface area contributed by atoms with E-state index in [2.05, 4.69) is 0 Å². The zero-order chi connectivity index (χ0) is 12.5. The van der Waals surface area contributed by atoms with E-state index in [0.29, 0.717) is 12.8 Å². The number of aliphatic carboxylic acids is 1. The second-order valence-corrected chi connectivity index (χ2v) is 4.79. The number of hydrogen-bond donors (Lipinski definition) is 2. The van der Waals surface area contributed by atoms with E-state index in [4.69, 9.17) is 5.73 Å². The van der Waals surface area contributed by atoms with Gasteiger partial charge in [-0.3, -0.25) is 4.79 Å². The lowest BCUT2D eigenvalue weighted by atomic mass is 9.61.